The van der Waals surface area contributed by atoms with Gasteiger partial charge in [-0.05, 0) is 18.2 Å². The van der Waals surface area contributed by atoms with E-state index in [0.29, 0.717) is 5.52 Å². The van der Waals surface area contributed by atoms with Crippen LogP contribution in [0.25, 0.3) is 16.3 Å². The van der Waals surface area contributed by atoms with E-state index in [9.17, 15) is 4.39 Å². The molecule has 0 aliphatic carbocycles. The molecular formula is C9H6FNS. The van der Waals surface area contributed by atoms with Gasteiger partial charge in [-0.25, -0.2) is 9.37 Å². The van der Waals surface area contributed by atoms with E-state index in [1.165, 1.54) is 17.4 Å². The summed E-state index contributed by atoms with van der Waals surface area (Å²) in [6.45, 7) is 3.58. The van der Waals surface area contributed by atoms with E-state index in [1.807, 2.05) is 6.07 Å². The molecular weight excluding hydrogens is 173 g/mol. The molecule has 2 aromatic rings. The van der Waals surface area contributed by atoms with Crippen molar-refractivity contribution in [1.82, 2.24) is 4.98 Å². The highest BCUT2D eigenvalue weighted by Gasteiger charge is 2.04. The number of fused-ring (bicyclic) bond motifs is 1. The Bertz CT molecular complexity index is 433. The Morgan fingerprint density at radius 3 is 3.00 bits per heavy atom. The molecule has 2 rings (SSSR count). The lowest BCUT2D eigenvalue weighted by atomic mass is 10.3. The van der Waals surface area contributed by atoms with Gasteiger partial charge in [0.25, 0.3) is 0 Å². The summed E-state index contributed by atoms with van der Waals surface area (Å²) in [5, 5.41) is 0.759. The summed E-state index contributed by atoms with van der Waals surface area (Å²) in [6, 6.07) is 4.95. The number of benzene rings is 1. The third-order valence-electron chi connectivity index (χ3n) is 1.56. The molecule has 0 unspecified atom stereocenters. The highest BCUT2D eigenvalue weighted by Crippen LogP contribution is 2.24. The minimum atomic E-state index is -0.267. The van der Waals surface area contributed by atoms with Crippen LogP contribution in [0.4, 0.5) is 4.39 Å². The topological polar surface area (TPSA) is 12.9 Å². The molecule has 1 nitrogen and oxygen atoms in total. The quantitative estimate of drug-likeness (QED) is 0.655. The highest BCUT2D eigenvalue weighted by atomic mass is 32.1. The minimum absolute atomic E-state index is 0.267. The molecule has 0 radical (unpaired) electrons. The van der Waals surface area contributed by atoms with Crippen molar-refractivity contribution in [3.8, 4) is 0 Å². The van der Waals surface area contributed by atoms with Crippen molar-refractivity contribution in [2.24, 2.45) is 0 Å². The summed E-state index contributed by atoms with van der Waals surface area (Å²) in [5.41, 5.74) is 0.442. The lowest BCUT2D eigenvalue weighted by molar-refractivity contribution is 0.637. The number of aromatic nitrogens is 1. The van der Waals surface area contributed by atoms with E-state index >= 15 is 0 Å². The van der Waals surface area contributed by atoms with E-state index in [1.54, 1.807) is 12.1 Å². The molecule has 0 N–H and O–H groups in total. The molecule has 60 valence electrons. The summed E-state index contributed by atoms with van der Waals surface area (Å²) in [6.07, 6.45) is 1.63. The van der Waals surface area contributed by atoms with Gasteiger partial charge in [0.1, 0.15) is 16.3 Å². The Morgan fingerprint density at radius 1 is 1.50 bits per heavy atom. The van der Waals surface area contributed by atoms with Gasteiger partial charge in [0.2, 0.25) is 0 Å². The zero-order valence-electron chi connectivity index (χ0n) is 6.25. The molecule has 0 fully saturated rings. The van der Waals surface area contributed by atoms with E-state index in [2.05, 4.69) is 11.6 Å². The second kappa shape index (κ2) is 2.68. The molecule has 0 aliphatic rings. The van der Waals surface area contributed by atoms with Crippen LogP contribution in [0, 0.1) is 5.82 Å². The molecule has 3 heteroatoms. The summed E-state index contributed by atoms with van der Waals surface area (Å²) in [5.74, 6) is -0.267. The van der Waals surface area contributed by atoms with Crippen LogP contribution in [0.3, 0.4) is 0 Å². The van der Waals surface area contributed by atoms with Gasteiger partial charge in [-0.15, -0.1) is 11.3 Å². The molecule has 0 atom stereocenters. The lowest BCUT2D eigenvalue weighted by Gasteiger charge is -1.86. The number of thiazole rings is 1. The van der Waals surface area contributed by atoms with Gasteiger partial charge in [0, 0.05) is 0 Å². The molecule has 1 aromatic carbocycles. The van der Waals surface area contributed by atoms with Gasteiger partial charge in [-0.1, -0.05) is 12.6 Å². The lowest BCUT2D eigenvalue weighted by Crippen LogP contribution is -1.75. The summed E-state index contributed by atoms with van der Waals surface area (Å²) in [4.78, 5) is 4.06. The van der Waals surface area contributed by atoms with E-state index in [0.717, 1.165) is 9.71 Å². The van der Waals surface area contributed by atoms with E-state index < -0.39 is 0 Å². The van der Waals surface area contributed by atoms with Gasteiger partial charge < -0.3 is 0 Å². The van der Waals surface area contributed by atoms with Crippen LogP contribution in [-0.2, 0) is 0 Å². The summed E-state index contributed by atoms with van der Waals surface area (Å²) >= 11 is 1.44. The van der Waals surface area contributed by atoms with Crippen molar-refractivity contribution in [1.29, 1.82) is 0 Å². The standard InChI is InChI=1S/C9H6FNS/c1-2-8-11-9-6(10)4-3-5-7(9)12-8/h2-5H,1H2. The fourth-order valence-electron chi connectivity index (χ4n) is 1.02. The second-order valence-corrected chi connectivity index (χ2v) is 3.41. The molecule has 1 aromatic heterocycles. The van der Waals surface area contributed by atoms with Crippen molar-refractivity contribution >= 4 is 27.6 Å². The van der Waals surface area contributed by atoms with Crippen LogP contribution in [0.1, 0.15) is 5.01 Å². The van der Waals surface area contributed by atoms with Crippen molar-refractivity contribution in [2.45, 2.75) is 0 Å². The average Bonchev–Trinajstić information content (AvgIpc) is 2.49. The normalized spacial score (nSPS) is 10.4. The van der Waals surface area contributed by atoms with Crippen molar-refractivity contribution in [3.63, 3.8) is 0 Å². The fourth-order valence-corrected chi connectivity index (χ4v) is 1.85. The number of para-hydroxylation sites is 1. The highest BCUT2D eigenvalue weighted by molar-refractivity contribution is 7.19. The van der Waals surface area contributed by atoms with Crippen LogP contribution in [0.2, 0.25) is 0 Å². The van der Waals surface area contributed by atoms with Gasteiger partial charge in [0.15, 0.2) is 0 Å². The summed E-state index contributed by atoms with van der Waals surface area (Å²) < 4.78 is 13.9. The molecule has 1 heterocycles. The SMILES string of the molecule is C=Cc1nc2c(F)cccc2s1. The molecule has 0 aliphatic heterocycles. The van der Waals surface area contributed by atoms with Gasteiger partial charge >= 0.3 is 0 Å². The molecule has 0 spiro atoms. The molecule has 0 bridgehead atoms. The Balaban J connectivity index is 2.82. The van der Waals surface area contributed by atoms with Crippen molar-refractivity contribution < 1.29 is 4.39 Å². The zero-order chi connectivity index (χ0) is 8.55. The van der Waals surface area contributed by atoms with Gasteiger partial charge in [-0.2, -0.15) is 0 Å². The number of nitrogens with zero attached hydrogens (tertiary/aromatic N) is 1. The summed E-state index contributed by atoms with van der Waals surface area (Å²) in [7, 11) is 0. The Hall–Kier alpha value is -1.22. The third-order valence-corrected chi connectivity index (χ3v) is 2.58. The smallest absolute Gasteiger partial charge is 0.150 e. The third kappa shape index (κ3) is 1.02. The average molecular weight is 179 g/mol. The number of hydrogen-bond acceptors (Lipinski definition) is 2. The first-order chi connectivity index (χ1) is 5.81. The van der Waals surface area contributed by atoms with Crippen LogP contribution < -0.4 is 0 Å². The van der Waals surface area contributed by atoms with Crippen molar-refractivity contribution in [2.75, 3.05) is 0 Å². The first-order valence-electron chi connectivity index (χ1n) is 3.49. The number of hydrogen-bond donors (Lipinski definition) is 0. The molecule has 0 saturated heterocycles. The zero-order valence-corrected chi connectivity index (χ0v) is 7.07. The molecule has 0 saturated carbocycles. The largest absolute Gasteiger partial charge is 0.234 e. The maximum Gasteiger partial charge on any atom is 0.150 e. The Kier molecular flexibility index (Phi) is 1.66. The predicted molar refractivity (Wildman–Crippen MR) is 49.7 cm³/mol. The number of halogens is 1. The van der Waals surface area contributed by atoms with Crippen LogP contribution in [-0.4, -0.2) is 4.98 Å². The molecule has 12 heavy (non-hydrogen) atoms. The van der Waals surface area contributed by atoms with Crippen LogP contribution in [0.5, 0.6) is 0 Å². The van der Waals surface area contributed by atoms with Gasteiger partial charge in [0.05, 0.1) is 4.70 Å². The number of rotatable bonds is 1. The first kappa shape index (κ1) is 7.43. The predicted octanol–water partition coefficient (Wildman–Crippen LogP) is 3.08. The fraction of sp³-hybridized carbons (Fsp3) is 0. The monoisotopic (exact) mass is 179 g/mol. The Morgan fingerprint density at radius 2 is 2.33 bits per heavy atom. The van der Waals surface area contributed by atoms with Crippen LogP contribution >= 0.6 is 11.3 Å². The van der Waals surface area contributed by atoms with Crippen molar-refractivity contribution in [3.05, 3.63) is 35.6 Å². The Labute approximate surface area is 73.2 Å². The van der Waals surface area contributed by atoms with E-state index in [-0.39, 0.29) is 5.82 Å². The van der Waals surface area contributed by atoms with Crippen LogP contribution in [0.15, 0.2) is 24.8 Å². The minimum Gasteiger partial charge on any atom is -0.234 e. The maximum atomic E-state index is 13.0. The first-order valence-corrected chi connectivity index (χ1v) is 4.30. The van der Waals surface area contributed by atoms with E-state index in [4.69, 9.17) is 0 Å². The maximum absolute atomic E-state index is 13.0. The molecule has 0 amide bonds. The second-order valence-electron chi connectivity index (χ2n) is 2.34. The van der Waals surface area contributed by atoms with Gasteiger partial charge in [-0.3, -0.25) is 0 Å².